The average molecular weight is 215 g/mol. The second kappa shape index (κ2) is 6.02. The molecule has 0 fully saturated rings. The van der Waals surface area contributed by atoms with Crippen molar-refractivity contribution >= 4 is 11.6 Å². The first-order valence-electron chi connectivity index (χ1n) is 4.75. The third-order valence-corrected chi connectivity index (χ3v) is 2.13. The molecule has 1 aromatic rings. The molecule has 1 atom stereocenters. The highest BCUT2D eigenvalue weighted by atomic mass is 35.5. The lowest BCUT2D eigenvalue weighted by Gasteiger charge is -2.10. The van der Waals surface area contributed by atoms with E-state index in [1.807, 2.05) is 19.1 Å². The normalized spacial score (nSPS) is 12.8. The fourth-order valence-corrected chi connectivity index (χ4v) is 1.25. The van der Waals surface area contributed by atoms with Crippen molar-refractivity contribution in [2.75, 3.05) is 13.2 Å². The highest BCUT2D eigenvalue weighted by Gasteiger charge is 2.06. The van der Waals surface area contributed by atoms with E-state index in [9.17, 15) is 5.11 Å². The van der Waals surface area contributed by atoms with Crippen molar-refractivity contribution in [2.45, 2.75) is 19.4 Å². The van der Waals surface area contributed by atoms with Crippen LogP contribution in [0.4, 0.5) is 0 Å². The maximum absolute atomic E-state index is 9.67. The molecule has 0 aliphatic rings. The van der Waals surface area contributed by atoms with E-state index in [0.29, 0.717) is 18.2 Å². The molecule has 1 aromatic carbocycles. The number of benzene rings is 1. The summed E-state index contributed by atoms with van der Waals surface area (Å²) in [5.74, 6) is 0. The summed E-state index contributed by atoms with van der Waals surface area (Å²) in [6, 6.07) is 7.14. The van der Waals surface area contributed by atoms with Crippen LogP contribution >= 0.6 is 11.6 Å². The van der Waals surface area contributed by atoms with Gasteiger partial charge in [-0.25, -0.2) is 0 Å². The van der Waals surface area contributed by atoms with Crippen molar-refractivity contribution in [3.63, 3.8) is 0 Å². The van der Waals surface area contributed by atoms with Gasteiger partial charge in [-0.05, 0) is 24.1 Å². The van der Waals surface area contributed by atoms with E-state index in [2.05, 4.69) is 0 Å². The summed E-state index contributed by atoms with van der Waals surface area (Å²) in [6.07, 6.45) is 0.409. The molecule has 0 saturated carbocycles. The first-order chi connectivity index (χ1) is 6.74. The highest BCUT2D eigenvalue weighted by Crippen LogP contribution is 2.16. The minimum Gasteiger partial charge on any atom is -0.386 e. The molecule has 14 heavy (non-hydrogen) atoms. The molecule has 2 nitrogen and oxygen atoms in total. The zero-order valence-corrected chi connectivity index (χ0v) is 9.00. The predicted octanol–water partition coefficient (Wildman–Crippen LogP) is 2.80. The van der Waals surface area contributed by atoms with Gasteiger partial charge in [0.2, 0.25) is 0 Å². The van der Waals surface area contributed by atoms with Crippen molar-refractivity contribution in [2.24, 2.45) is 0 Å². The number of rotatable bonds is 5. The first kappa shape index (κ1) is 11.5. The molecule has 0 aromatic heterocycles. The number of aliphatic hydroxyl groups is 1. The summed E-state index contributed by atoms with van der Waals surface area (Å²) in [6.45, 7) is 3.06. The number of halogens is 1. The first-order valence-corrected chi connectivity index (χ1v) is 5.13. The van der Waals surface area contributed by atoms with E-state index in [-0.39, 0.29) is 0 Å². The molecule has 0 saturated heterocycles. The lowest BCUT2D eigenvalue weighted by atomic mass is 10.1. The van der Waals surface area contributed by atoms with Crippen molar-refractivity contribution in [1.29, 1.82) is 0 Å². The second-order valence-corrected chi connectivity index (χ2v) is 3.58. The van der Waals surface area contributed by atoms with Crippen molar-refractivity contribution < 1.29 is 9.84 Å². The van der Waals surface area contributed by atoms with Gasteiger partial charge in [0, 0.05) is 11.6 Å². The van der Waals surface area contributed by atoms with E-state index in [1.165, 1.54) is 0 Å². The van der Waals surface area contributed by atoms with Crippen LogP contribution in [0.25, 0.3) is 0 Å². The van der Waals surface area contributed by atoms with Crippen LogP contribution in [0, 0.1) is 0 Å². The Labute approximate surface area is 89.5 Å². The smallest absolute Gasteiger partial charge is 0.102 e. The summed E-state index contributed by atoms with van der Waals surface area (Å²) >= 11 is 5.73. The maximum Gasteiger partial charge on any atom is 0.102 e. The topological polar surface area (TPSA) is 29.5 Å². The molecule has 78 valence electrons. The number of aliphatic hydroxyl groups excluding tert-OH is 1. The summed E-state index contributed by atoms with van der Waals surface area (Å²) in [7, 11) is 0. The monoisotopic (exact) mass is 214 g/mol. The molecule has 1 unspecified atom stereocenters. The van der Waals surface area contributed by atoms with Crippen LogP contribution < -0.4 is 0 Å². The van der Waals surface area contributed by atoms with Gasteiger partial charge in [-0.2, -0.15) is 0 Å². The van der Waals surface area contributed by atoms with Crippen LogP contribution in [0.1, 0.15) is 25.0 Å². The SMILES string of the molecule is CCCOCC(O)c1ccc(Cl)cc1. The fourth-order valence-electron chi connectivity index (χ4n) is 1.12. The Bertz CT molecular complexity index is 258. The zero-order valence-electron chi connectivity index (χ0n) is 8.24. The Kier molecular flexibility index (Phi) is 4.94. The van der Waals surface area contributed by atoms with E-state index < -0.39 is 6.10 Å². The number of hydrogen-bond donors (Lipinski definition) is 1. The lowest BCUT2D eigenvalue weighted by Crippen LogP contribution is -2.07. The predicted molar refractivity (Wildman–Crippen MR) is 57.5 cm³/mol. The molecule has 0 heterocycles. The van der Waals surface area contributed by atoms with E-state index in [4.69, 9.17) is 16.3 Å². The minimum absolute atomic E-state index is 0.343. The van der Waals surface area contributed by atoms with Crippen molar-refractivity contribution in [3.05, 3.63) is 34.9 Å². The molecule has 0 spiro atoms. The largest absolute Gasteiger partial charge is 0.386 e. The summed E-state index contributed by atoms with van der Waals surface area (Å²) in [4.78, 5) is 0. The molecule has 3 heteroatoms. The highest BCUT2D eigenvalue weighted by molar-refractivity contribution is 6.30. The standard InChI is InChI=1S/C11H15ClO2/c1-2-7-14-8-11(13)9-3-5-10(12)6-4-9/h3-6,11,13H,2,7-8H2,1H3. The minimum atomic E-state index is -0.557. The van der Waals surface area contributed by atoms with Gasteiger partial charge >= 0.3 is 0 Å². The van der Waals surface area contributed by atoms with Gasteiger partial charge in [-0.3, -0.25) is 0 Å². The molecule has 0 aliphatic carbocycles. The van der Waals surface area contributed by atoms with Gasteiger partial charge in [0.1, 0.15) is 6.10 Å². The zero-order chi connectivity index (χ0) is 10.4. The fraction of sp³-hybridized carbons (Fsp3) is 0.455. The van der Waals surface area contributed by atoms with Crippen LogP contribution in [0.5, 0.6) is 0 Å². The van der Waals surface area contributed by atoms with E-state index in [1.54, 1.807) is 12.1 Å². The van der Waals surface area contributed by atoms with Gasteiger partial charge in [0.15, 0.2) is 0 Å². The average Bonchev–Trinajstić information content (AvgIpc) is 2.19. The van der Waals surface area contributed by atoms with E-state index >= 15 is 0 Å². The van der Waals surface area contributed by atoms with Gasteiger partial charge in [0.05, 0.1) is 6.61 Å². The van der Waals surface area contributed by atoms with Gasteiger partial charge in [0.25, 0.3) is 0 Å². The van der Waals surface area contributed by atoms with Gasteiger partial charge < -0.3 is 9.84 Å². The number of ether oxygens (including phenoxy) is 1. The molecule has 1 rings (SSSR count). The Balaban J connectivity index is 2.43. The van der Waals surface area contributed by atoms with Crippen LogP contribution in [0.3, 0.4) is 0 Å². The van der Waals surface area contributed by atoms with Crippen molar-refractivity contribution in [1.82, 2.24) is 0 Å². The lowest BCUT2D eigenvalue weighted by molar-refractivity contribution is 0.0364. The second-order valence-electron chi connectivity index (χ2n) is 3.14. The quantitative estimate of drug-likeness (QED) is 0.764. The van der Waals surface area contributed by atoms with Gasteiger partial charge in [-0.15, -0.1) is 0 Å². The van der Waals surface area contributed by atoms with Crippen LogP contribution in [-0.2, 0) is 4.74 Å². The molecular weight excluding hydrogens is 200 g/mol. The van der Waals surface area contributed by atoms with Gasteiger partial charge in [-0.1, -0.05) is 30.7 Å². The number of hydrogen-bond acceptors (Lipinski definition) is 2. The molecular formula is C11H15ClO2. The third-order valence-electron chi connectivity index (χ3n) is 1.88. The molecule has 0 amide bonds. The maximum atomic E-state index is 9.67. The molecule has 0 radical (unpaired) electrons. The third kappa shape index (κ3) is 3.66. The van der Waals surface area contributed by atoms with E-state index in [0.717, 1.165) is 12.0 Å². The molecule has 1 N–H and O–H groups in total. The summed E-state index contributed by atoms with van der Waals surface area (Å²) in [5, 5.41) is 10.3. The summed E-state index contributed by atoms with van der Waals surface area (Å²) in [5.41, 5.74) is 0.838. The van der Waals surface area contributed by atoms with Crippen LogP contribution in [-0.4, -0.2) is 18.3 Å². The van der Waals surface area contributed by atoms with Crippen LogP contribution in [0.2, 0.25) is 5.02 Å². The Hall–Kier alpha value is -0.570. The van der Waals surface area contributed by atoms with Crippen molar-refractivity contribution in [3.8, 4) is 0 Å². The Morgan fingerprint density at radius 3 is 2.57 bits per heavy atom. The Morgan fingerprint density at radius 1 is 1.36 bits per heavy atom. The molecule has 0 aliphatic heterocycles. The molecule has 0 bridgehead atoms. The Morgan fingerprint density at radius 2 is 2.00 bits per heavy atom. The van der Waals surface area contributed by atoms with Crippen LogP contribution in [0.15, 0.2) is 24.3 Å². The summed E-state index contributed by atoms with van der Waals surface area (Å²) < 4.78 is 5.25.